The third kappa shape index (κ3) is 3.01. The van der Waals surface area contributed by atoms with Gasteiger partial charge < -0.3 is 15.0 Å². The van der Waals surface area contributed by atoms with Crippen molar-refractivity contribution in [2.24, 2.45) is 0 Å². The summed E-state index contributed by atoms with van der Waals surface area (Å²) in [5.41, 5.74) is 2.98. The normalized spacial score (nSPS) is 10.6. The first-order chi connectivity index (χ1) is 11.6. The summed E-state index contributed by atoms with van der Waals surface area (Å²) in [7, 11) is 0. The van der Waals surface area contributed by atoms with Crippen LogP contribution in [0.5, 0.6) is 0 Å². The lowest BCUT2D eigenvalue weighted by atomic mass is 10.1. The largest absolute Gasteiger partial charge is 0.461 e. The lowest BCUT2D eigenvalue weighted by Gasteiger charge is -2.08. The van der Waals surface area contributed by atoms with E-state index in [1.807, 2.05) is 43.3 Å². The van der Waals surface area contributed by atoms with Crippen molar-refractivity contribution in [2.75, 3.05) is 11.9 Å². The number of carbonyl (C=O) groups excluding carboxylic acids is 2. The first-order valence-corrected chi connectivity index (χ1v) is 7.76. The van der Waals surface area contributed by atoms with E-state index in [0.717, 1.165) is 16.5 Å². The first-order valence-electron chi connectivity index (χ1n) is 7.76. The quantitative estimate of drug-likeness (QED) is 0.716. The Hall–Kier alpha value is -3.08. The number of fused-ring (bicyclic) bond motifs is 1. The zero-order chi connectivity index (χ0) is 17.1. The van der Waals surface area contributed by atoms with E-state index in [4.69, 9.17) is 4.74 Å². The molecule has 0 aliphatic rings. The summed E-state index contributed by atoms with van der Waals surface area (Å²) < 4.78 is 5.08. The number of hydrogen-bond acceptors (Lipinski definition) is 3. The van der Waals surface area contributed by atoms with Gasteiger partial charge in [0.2, 0.25) is 0 Å². The molecule has 1 heterocycles. The van der Waals surface area contributed by atoms with Gasteiger partial charge in [0.15, 0.2) is 0 Å². The average molecular weight is 322 g/mol. The monoisotopic (exact) mass is 322 g/mol. The lowest BCUT2D eigenvalue weighted by molar-refractivity contribution is 0.0522. The minimum Gasteiger partial charge on any atom is -0.461 e. The smallest absolute Gasteiger partial charge is 0.356 e. The molecule has 2 N–H and O–H groups in total. The van der Waals surface area contributed by atoms with Crippen molar-refractivity contribution in [1.29, 1.82) is 0 Å². The number of aromatic nitrogens is 1. The standard InChI is InChI=1S/C19H18N2O3/c1-3-24-19(23)17-16(14-9-4-5-10-15(14)20-17)21-18(22)13-8-6-7-12(2)11-13/h4-11,20H,3H2,1-2H3,(H,21,22). The second kappa shape index (κ2) is 6.58. The Balaban J connectivity index is 2.02. The number of carbonyl (C=O) groups is 2. The van der Waals surface area contributed by atoms with E-state index in [1.54, 1.807) is 19.1 Å². The van der Waals surface area contributed by atoms with Crippen molar-refractivity contribution < 1.29 is 14.3 Å². The number of anilines is 1. The molecule has 0 radical (unpaired) electrons. The number of ether oxygens (including phenoxy) is 1. The van der Waals surface area contributed by atoms with Gasteiger partial charge >= 0.3 is 5.97 Å². The number of benzene rings is 2. The van der Waals surface area contributed by atoms with Gasteiger partial charge in [-0.15, -0.1) is 0 Å². The maximum absolute atomic E-state index is 12.6. The zero-order valence-corrected chi connectivity index (χ0v) is 13.6. The van der Waals surface area contributed by atoms with Gasteiger partial charge in [-0.1, -0.05) is 35.9 Å². The molecule has 0 aliphatic heterocycles. The van der Waals surface area contributed by atoms with E-state index in [-0.39, 0.29) is 18.2 Å². The van der Waals surface area contributed by atoms with Crippen molar-refractivity contribution in [3.63, 3.8) is 0 Å². The summed E-state index contributed by atoms with van der Waals surface area (Å²) in [6, 6.07) is 14.7. The maximum atomic E-state index is 12.6. The number of esters is 1. The summed E-state index contributed by atoms with van der Waals surface area (Å²) in [5, 5.41) is 3.61. The Kier molecular flexibility index (Phi) is 4.33. The fourth-order valence-corrected chi connectivity index (χ4v) is 2.60. The van der Waals surface area contributed by atoms with Crippen molar-refractivity contribution in [2.45, 2.75) is 13.8 Å². The van der Waals surface area contributed by atoms with Crippen LogP contribution in [0.3, 0.4) is 0 Å². The maximum Gasteiger partial charge on any atom is 0.356 e. The highest BCUT2D eigenvalue weighted by molar-refractivity contribution is 6.14. The Bertz CT molecular complexity index is 912. The summed E-state index contributed by atoms with van der Waals surface area (Å²) >= 11 is 0. The number of amides is 1. The topological polar surface area (TPSA) is 71.2 Å². The van der Waals surface area contributed by atoms with Crippen LogP contribution in [0.1, 0.15) is 33.3 Å². The third-order valence-electron chi connectivity index (χ3n) is 3.70. The van der Waals surface area contributed by atoms with Crippen LogP contribution in [0.15, 0.2) is 48.5 Å². The van der Waals surface area contributed by atoms with Crippen molar-refractivity contribution in [3.05, 3.63) is 65.4 Å². The van der Waals surface area contributed by atoms with Gasteiger partial charge in [0.25, 0.3) is 5.91 Å². The molecule has 0 fully saturated rings. The molecular formula is C19H18N2O3. The highest BCUT2D eigenvalue weighted by Crippen LogP contribution is 2.28. The number of aryl methyl sites for hydroxylation is 1. The van der Waals surface area contributed by atoms with E-state index in [0.29, 0.717) is 11.3 Å². The van der Waals surface area contributed by atoms with Crippen molar-refractivity contribution >= 4 is 28.5 Å². The van der Waals surface area contributed by atoms with Gasteiger partial charge in [-0.2, -0.15) is 0 Å². The lowest BCUT2D eigenvalue weighted by Crippen LogP contribution is -2.15. The van der Waals surface area contributed by atoms with Crippen LogP contribution in [-0.2, 0) is 4.74 Å². The molecule has 24 heavy (non-hydrogen) atoms. The predicted octanol–water partition coefficient (Wildman–Crippen LogP) is 3.91. The van der Waals surface area contributed by atoms with Gasteiger partial charge in [-0.3, -0.25) is 4.79 Å². The number of hydrogen-bond donors (Lipinski definition) is 2. The molecule has 2 aromatic carbocycles. The molecule has 1 aromatic heterocycles. The number of H-pyrrole nitrogens is 1. The summed E-state index contributed by atoms with van der Waals surface area (Å²) in [4.78, 5) is 27.8. The first kappa shape index (κ1) is 15.8. The minimum absolute atomic E-state index is 0.249. The van der Waals surface area contributed by atoms with Gasteiger partial charge in [-0.25, -0.2) is 4.79 Å². The van der Waals surface area contributed by atoms with Crippen LogP contribution >= 0.6 is 0 Å². The fraction of sp³-hybridized carbons (Fsp3) is 0.158. The molecule has 3 rings (SSSR count). The molecule has 0 aliphatic carbocycles. The molecule has 0 bridgehead atoms. The minimum atomic E-state index is -0.492. The van der Waals surface area contributed by atoms with Gasteiger partial charge in [0, 0.05) is 16.5 Å². The molecule has 0 unspecified atom stereocenters. The third-order valence-corrected chi connectivity index (χ3v) is 3.70. The zero-order valence-electron chi connectivity index (χ0n) is 13.6. The Morgan fingerprint density at radius 1 is 1.12 bits per heavy atom. The number of nitrogens with one attached hydrogen (secondary N) is 2. The van der Waals surface area contributed by atoms with Gasteiger partial charge in [-0.05, 0) is 32.0 Å². The highest BCUT2D eigenvalue weighted by Gasteiger charge is 2.21. The highest BCUT2D eigenvalue weighted by atomic mass is 16.5. The fourth-order valence-electron chi connectivity index (χ4n) is 2.60. The molecule has 5 heteroatoms. The molecule has 122 valence electrons. The van der Waals surface area contributed by atoms with Crippen LogP contribution < -0.4 is 5.32 Å². The van der Waals surface area contributed by atoms with E-state index in [9.17, 15) is 9.59 Å². The Labute approximate surface area is 139 Å². The van der Waals surface area contributed by atoms with Crippen LogP contribution in [0.2, 0.25) is 0 Å². The van der Waals surface area contributed by atoms with Crippen LogP contribution in [0.25, 0.3) is 10.9 Å². The Morgan fingerprint density at radius 2 is 1.92 bits per heavy atom. The number of rotatable bonds is 4. The van der Waals surface area contributed by atoms with E-state index in [1.165, 1.54) is 0 Å². The molecule has 0 atom stereocenters. The Morgan fingerprint density at radius 3 is 2.67 bits per heavy atom. The van der Waals surface area contributed by atoms with Crippen LogP contribution in [-0.4, -0.2) is 23.5 Å². The predicted molar refractivity (Wildman–Crippen MR) is 93.4 cm³/mol. The van der Waals surface area contributed by atoms with Crippen molar-refractivity contribution in [1.82, 2.24) is 4.98 Å². The molecule has 1 amide bonds. The molecule has 3 aromatic rings. The molecular weight excluding hydrogens is 304 g/mol. The number of aromatic amines is 1. The average Bonchev–Trinajstić information content (AvgIpc) is 2.94. The second-order valence-corrected chi connectivity index (χ2v) is 5.46. The molecule has 0 saturated heterocycles. The van der Waals surface area contributed by atoms with Crippen LogP contribution in [0, 0.1) is 6.92 Å². The molecule has 0 spiro atoms. The van der Waals surface area contributed by atoms with E-state index >= 15 is 0 Å². The van der Waals surface area contributed by atoms with Crippen molar-refractivity contribution in [3.8, 4) is 0 Å². The summed E-state index contributed by atoms with van der Waals surface area (Å²) in [6.07, 6.45) is 0. The van der Waals surface area contributed by atoms with Crippen LogP contribution in [0.4, 0.5) is 5.69 Å². The second-order valence-electron chi connectivity index (χ2n) is 5.46. The van der Waals surface area contributed by atoms with E-state index < -0.39 is 5.97 Å². The molecule has 5 nitrogen and oxygen atoms in total. The van der Waals surface area contributed by atoms with Gasteiger partial charge in [0.1, 0.15) is 5.69 Å². The number of para-hydroxylation sites is 1. The SMILES string of the molecule is CCOC(=O)c1[nH]c2ccccc2c1NC(=O)c1cccc(C)c1. The molecule has 0 saturated carbocycles. The summed E-state index contributed by atoms with van der Waals surface area (Å²) in [6.45, 7) is 3.93. The van der Waals surface area contributed by atoms with E-state index in [2.05, 4.69) is 10.3 Å². The van der Waals surface area contributed by atoms with Gasteiger partial charge in [0.05, 0.1) is 12.3 Å². The summed E-state index contributed by atoms with van der Waals surface area (Å²) in [5.74, 6) is -0.762.